The number of pyridine rings is 1. The predicted molar refractivity (Wildman–Crippen MR) is 93.2 cm³/mol. The third kappa shape index (κ3) is 4.85. The number of rotatable bonds is 7. The van der Waals surface area contributed by atoms with Gasteiger partial charge in [-0.05, 0) is 43.2 Å². The molecule has 0 aliphatic carbocycles. The number of hydroxylamine groups is 1. The van der Waals surface area contributed by atoms with Gasteiger partial charge in [-0.1, -0.05) is 18.2 Å². The van der Waals surface area contributed by atoms with E-state index in [1.165, 1.54) is 16.4 Å². The molecule has 1 heterocycles. The highest BCUT2D eigenvalue weighted by Gasteiger charge is 2.26. The van der Waals surface area contributed by atoms with Crippen LogP contribution in [0.25, 0.3) is 0 Å². The highest BCUT2D eigenvalue weighted by atomic mass is 32.2. The van der Waals surface area contributed by atoms with Crippen molar-refractivity contribution < 1.29 is 18.4 Å². The Morgan fingerprint density at radius 2 is 1.80 bits per heavy atom. The van der Waals surface area contributed by atoms with Crippen molar-refractivity contribution in [2.24, 2.45) is 0 Å². The van der Waals surface area contributed by atoms with E-state index in [1.807, 2.05) is 6.07 Å². The molecule has 1 amide bonds. The van der Waals surface area contributed by atoms with Crippen LogP contribution in [0.15, 0.2) is 48.8 Å². The van der Waals surface area contributed by atoms with E-state index >= 15 is 0 Å². The number of amides is 1. The SMILES string of the molecule is CC(C)S(=O)(=O)N(Cc1ccc(C(=O)NO)cc1)Cc1cccnc1. The summed E-state index contributed by atoms with van der Waals surface area (Å²) in [7, 11) is -3.48. The summed E-state index contributed by atoms with van der Waals surface area (Å²) in [5, 5.41) is 8.09. The molecule has 0 spiro atoms. The Kier molecular flexibility index (Phi) is 6.24. The summed E-state index contributed by atoms with van der Waals surface area (Å²) >= 11 is 0. The molecule has 0 saturated heterocycles. The summed E-state index contributed by atoms with van der Waals surface area (Å²) in [4.78, 5) is 15.4. The summed E-state index contributed by atoms with van der Waals surface area (Å²) < 4.78 is 26.7. The van der Waals surface area contributed by atoms with Gasteiger partial charge in [-0.2, -0.15) is 4.31 Å². The summed E-state index contributed by atoms with van der Waals surface area (Å²) in [5.74, 6) is -0.617. The lowest BCUT2D eigenvalue weighted by Gasteiger charge is -2.24. The van der Waals surface area contributed by atoms with Crippen molar-refractivity contribution in [3.05, 3.63) is 65.5 Å². The molecule has 1 aromatic heterocycles. The van der Waals surface area contributed by atoms with Crippen LogP contribution < -0.4 is 5.48 Å². The van der Waals surface area contributed by atoms with E-state index in [0.717, 1.165) is 11.1 Å². The fourth-order valence-electron chi connectivity index (χ4n) is 2.26. The van der Waals surface area contributed by atoms with Gasteiger partial charge in [0.2, 0.25) is 10.0 Å². The molecule has 2 rings (SSSR count). The molecule has 7 nitrogen and oxygen atoms in total. The number of hydrogen-bond donors (Lipinski definition) is 2. The number of hydrogen-bond acceptors (Lipinski definition) is 5. The number of sulfonamides is 1. The fourth-order valence-corrected chi connectivity index (χ4v) is 3.51. The zero-order valence-electron chi connectivity index (χ0n) is 14.1. The molecule has 0 bridgehead atoms. The van der Waals surface area contributed by atoms with E-state index in [1.54, 1.807) is 49.9 Å². The molecule has 2 aromatic rings. The molecule has 0 atom stereocenters. The smallest absolute Gasteiger partial charge is 0.274 e. The average molecular weight is 363 g/mol. The molecule has 134 valence electrons. The lowest BCUT2D eigenvalue weighted by molar-refractivity contribution is 0.0706. The number of aromatic nitrogens is 1. The van der Waals surface area contributed by atoms with E-state index in [9.17, 15) is 13.2 Å². The Hall–Kier alpha value is -2.29. The number of carbonyl (C=O) groups is 1. The Bertz CT molecular complexity index is 806. The molecular formula is C17H21N3O4S. The van der Waals surface area contributed by atoms with Gasteiger partial charge in [0.05, 0.1) is 5.25 Å². The van der Waals surface area contributed by atoms with Crippen LogP contribution in [0.4, 0.5) is 0 Å². The highest BCUT2D eigenvalue weighted by molar-refractivity contribution is 7.89. The monoisotopic (exact) mass is 363 g/mol. The molecule has 0 radical (unpaired) electrons. The first-order valence-electron chi connectivity index (χ1n) is 7.76. The minimum absolute atomic E-state index is 0.177. The van der Waals surface area contributed by atoms with Crippen LogP contribution in [0, 0.1) is 0 Å². The molecule has 2 N–H and O–H groups in total. The van der Waals surface area contributed by atoms with Crippen molar-refractivity contribution in [3.8, 4) is 0 Å². The number of nitrogens with one attached hydrogen (secondary N) is 1. The number of nitrogens with zero attached hydrogens (tertiary/aromatic N) is 2. The zero-order chi connectivity index (χ0) is 18.4. The van der Waals surface area contributed by atoms with E-state index in [0.29, 0.717) is 0 Å². The third-order valence-corrected chi connectivity index (χ3v) is 5.88. The van der Waals surface area contributed by atoms with Gasteiger partial charge in [0, 0.05) is 31.0 Å². The minimum atomic E-state index is -3.48. The van der Waals surface area contributed by atoms with Gasteiger partial charge in [-0.3, -0.25) is 15.0 Å². The van der Waals surface area contributed by atoms with Crippen molar-refractivity contribution in [1.29, 1.82) is 0 Å². The Morgan fingerprint density at radius 1 is 1.16 bits per heavy atom. The van der Waals surface area contributed by atoms with Gasteiger partial charge in [0.15, 0.2) is 0 Å². The summed E-state index contributed by atoms with van der Waals surface area (Å²) in [6, 6.07) is 9.98. The summed E-state index contributed by atoms with van der Waals surface area (Å²) in [5.41, 5.74) is 3.38. The largest absolute Gasteiger partial charge is 0.288 e. The van der Waals surface area contributed by atoms with Crippen LogP contribution in [-0.4, -0.2) is 34.1 Å². The predicted octanol–water partition coefficient (Wildman–Crippen LogP) is 1.94. The highest BCUT2D eigenvalue weighted by Crippen LogP contribution is 2.18. The van der Waals surface area contributed by atoms with E-state index < -0.39 is 21.2 Å². The Morgan fingerprint density at radius 3 is 2.32 bits per heavy atom. The Labute approximate surface area is 147 Å². The second kappa shape index (κ2) is 8.19. The molecule has 25 heavy (non-hydrogen) atoms. The van der Waals surface area contributed by atoms with Crippen LogP contribution in [-0.2, 0) is 23.1 Å². The second-order valence-corrected chi connectivity index (χ2v) is 8.35. The average Bonchev–Trinajstić information content (AvgIpc) is 2.61. The van der Waals surface area contributed by atoms with Crippen LogP contribution in [0.2, 0.25) is 0 Å². The lowest BCUT2D eigenvalue weighted by atomic mass is 10.1. The lowest BCUT2D eigenvalue weighted by Crippen LogP contribution is -2.35. The molecule has 0 saturated carbocycles. The van der Waals surface area contributed by atoms with Crippen LogP contribution in [0.3, 0.4) is 0 Å². The maximum absolute atomic E-state index is 12.7. The topological polar surface area (TPSA) is 99.6 Å². The van der Waals surface area contributed by atoms with Gasteiger partial charge in [0.1, 0.15) is 0 Å². The minimum Gasteiger partial charge on any atom is -0.288 e. The molecule has 1 aromatic carbocycles. The van der Waals surface area contributed by atoms with Crippen molar-refractivity contribution >= 4 is 15.9 Å². The van der Waals surface area contributed by atoms with Gasteiger partial charge in [-0.25, -0.2) is 13.9 Å². The summed E-state index contributed by atoms with van der Waals surface area (Å²) in [6.07, 6.45) is 3.27. The number of benzene rings is 1. The van der Waals surface area contributed by atoms with Crippen molar-refractivity contribution in [1.82, 2.24) is 14.8 Å². The second-order valence-electron chi connectivity index (χ2n) is 5.86. The van der Waals surface area contributed by atoms with Crippen molar-refractivity contribution in [2.75, 3.05) is 0 Å². The molecule has 0 aliphatic heterocycles. The van der Waals surface area contributed by atoms with Gasteiger partial charge in [0.25, 0.3) is 5.91 Å². The number of carbonyl (C=O) groups excluding carboxylic acids is 1. The third-order valence-electron chi connectivity index (χ3n) is 3.71. The first-order valence-corrected chi connectivity index (χ1v) is 9.26. The maximum atomic E-state index is 12.7. The maximum Gasteiger partial charge on any atom is 0.274 e. The first kappa shape index (κ1) is 19.0. The fraction of sp³-hybridized carbons (Fsp3) is 0.294. The molecular weight excluding hydrogens is 342 g/mol. The van der Waals surface area contributed by atoms with Gasteiger partial charge in [-0.15, -0.1) is 0 Å². The van der Waals surface area contributed by atoms with Crippen LogP contribution >= 0.6 is 0 Å². The van der Waals surface area contributed by atoms with Crippen LogP contribution in [0.5, 0.6) is 0 Å². The quantitative estimate of drug-likeness (QED) is 0.578. The molecule has 0 unspecified atom stereocenters. The molecule has 0 fully saturated rings. The summed E-state index contributed by atoms with van der Waals surface area (Å²) in [6.45, 7) is 3.67. The normalized spacial score (nSPS) is 11.7. The van der Waals surface area contributed by atoms with Crippen molar-refractivity contribution in [3.63, 3.8) is 0 Å². The van der Waals surface area contributed by atoms with E-state index in [-0.39, 0.29) is 18.7 Å². The van der Waals surface area contributed by atoms with Gasteiger partial charge < -0.3 is 0 Å². The van der Waals surface area contributed by atoms with E-state index in [4.69, 9.17) is 5.21 Å². The zero-order valence-corrected chi connectivity index (χ0v) is 14.9. The first-order chi connectivity index (χ1) is 11.8. The van der Waals surface area contributed by atoms with Crippen molar-refractivity contribution in [2.45, 2.75) is 32.2 Å². The Balaban J connectivity index is 2.25. The standard InChI is InChI=1S/C17H21N3O4S/c1-13(2)25(23,24)20(12-15-4-3-9-18-10-15)11-14-5-7-16(8-6-14)17(21)19-22/h3-10,13,22H,11-12H2,1-2H3,(H,19,21). The van der Waals surface area contributed by atoms with Gasteiger partial charge >= 0.3 is 0 Å². The van der Waals surface area contributed by atoms with Crippen LogP contribution in [0.1, 0.15) is 35.3 Å². The molecule has 8 heteroatoms. The van der Waals surface area contributed by atoms with E-state index in [2.05, 4.69) is 4.98 Å². The molecule has 0 aliphatic rings.